The predicted octanol–water partition coefficient (Wildman–Crippen LogP) is 3.47. The Labute approximate surface area is 163 Å². The van der Waals surface area contributed by atoms with Crippen LogP contribution in [0.15, 0.2) is 55.0 Å². The number of urea groups is 1. The van der Waals surface area contributed by atoms with Crippen molar-refractivity contribution in [3.8, 4) is 0 Å². The van der Waals surface area contributed by atoms with E-state index in [2.05, 4.69) is 36.2 Å². The second kappa shape index (κ2) is 9.31. The first kappa shape index (κ1) is 19.1. The van der Waals surface area contributed by atoms with Gasteiger partial charge in [0.25, 0.3) is 0 Å². The van der Waals surface area contributed by atoms with E-state index in [1.54, 1.807) is 12.3 Å². The Hall–Kier alpha value is -3.68. The average molecular weight is 377 g/mol. The van der Waals surface area contributed by atoms with Crippen molar-refractivity contribution in [1.29, 1.82) is 0 Å². The molecule has 2 amide bonds. The van der Waals surface area contributed by atoms with E-state index in [-0.39, 0.29) is 6.03 Å². The van der Waals surface area contributed by atoms with Crippen LogP contribution in [0.2, 0.25) is 0 Å². The summed E-state index contributed by atoms with van der Waals surface area (Å²) in [5, 5.41) is 11.9. The molecule has 0 aliphatic heterocycles. The summed E-state index contributed by atoms with van der Waals surface area (Å²) in [6.07, 6.45) is 3.21. The van der Waals surface area contributed by atoms with Crippen molar-refractivity contribution in [2.45, 2.75) is 13.8 Å². The molecule has 1 aromatic carbocycles. The van der Waals surface area contributed by atoms with Crippen molar-refractivity contribution in [3.05, 3.63) is 66.1 Å². The number of benzene rings is 1. The molecule has 144 valence electrons. The molecule has 0 aliphatic rings. The van der Waals surface area contributed by atoms with Crippen LogP contribution in [-0.4, -0.2) is 34.1 Å². The van der Waals surface area contributed by atoms with E-state index in [0.717, 1.165) is 22.6 Å². The Morgan fingerprint density at radius 3 is 2.50 bits per heavy atom. The molecular weight excluding hydrogens is 354 g/mol. The van der Waals surface area contributed by atoms with Crippen LogP contribution in [0, 0.1) is 13.8 Å². The Balaban J connectivity index is 1.44. The summed E-state index contributed by atoms with van der Waals surface area (Å²) in [4.78, 5) is 24.6. The van der Waals surface area contributed by atoms with Gasteiger partial charge in [-0.3, -0.25) is 0 Å². The van der Waals surface area contributed by atoms with Gasteiger partial charge in [0, 0.05) is 31.0 Å². The summed E-state index contributed by atoms with van der Waals surface area (Å²) < 4.78 is 0. The molecule has 0 unspecified atom stereocenters. The molecule has 2 heterocycles. The van der Waals surface area contributed by atoms with Gasteiger partial charge in [-0.15, -0.1) is 0 Å². The predicted molar refractivity (Wildman–Crippen MR) is 111 cm³/mol. The number of pyridine rings is 1. The molecule has 0 radical (unpaired) electrons. The molecule has 8 heteroatoms. The topological polar surface area (TPSA) is 104 Å². The number of aromatic nitrogens is 3. The second-order valence-corrected chi connectivity index (χ2v) is 6.31. The number of hydrogen-bond acceptors (Lipinski definition) is 6. The molecule has 0 spiro atoms. The van der Waals surface area contributed by atoms with Gasteiger partial charge in [0.1, 0.15) is 23.8 Å². The third-order valence-electron chi connectivity index (χ3n) is 3.83. The molecule has 0 saturated heterocycles. The van der Waals surface area contributed by atoms with Gasteiger partial charge in [0.05, 0.1) is 0 Å². The lowest BCUT2D eigenvalue weighted by molar-refractivity contribution is 0.252. The monoisotopic (exact) mass is 377 g/mol. The minimum Gasteiger partial charge on any atom is -0.368 e. The third kappa shape index (κ3) is 5.94. The Morgan fingerprint density at radius 2 is 1.68 bits per heavy atom. The van der Waals surface area contributed by atoms with E-state index in [1.807, 2.05) is 50.2 Å². The van der Waals surface area contributed by atoms with E-state index < -0.39 is 0 Å². The lowest BCUT2D eigenvalue weighted by atomic mass is 10.2. The minimum atomic E-state index is -0.247. The first-order valence-electron chi connectivity index (χ1n) is 8.95. The number of anilines is 4. The van der Waals surface area contributed by atoms with Gasteiger partial charge >= 0.3 is 6.03 Å². The van der Waals surface area contributed by atoms with E-state index in [0.29, 0.717) is 24.7 Å². The quantitative estimate of drug-likeness (QED) is 0.470. The van der Waals surface area contributed by atoms with Crippen molar-refractivity contribution in [3.63, 3.8) is 0 Å². The maximum absolute atomic E-state index is 11.9. The maximum atomic E-state index is 11.9. The van der Waals surface area contributed by atoms with Gasteiger partial charge < -0.3 is 21.3 Å². The number of hydrogen-bond donors (Lipinski definition) is 4. The summed E-state index contributed by atoms with van der Waals surface area (Å²) in [6.45, 7) is 4.96. The molecular formula is C20H23N7O. The highest BCUT2D eigenvalue weighted by atomic mass is 16.2. The van der Waals surface area contributed by atoms with Gasteiger partial charge in [-0.25, -0.2) is 19.7 Å². The van der Waals surface area contributed by atoms with E-state index in [9.17, 15) is 4.79 Å². The molecule has 3 aromatic rings. The number of rotatable bonds is 7. The van der Waals surface area contributed by atoms with Gasteiger partial charge in [0.15, 0.2) is 0 Å². The number of nitrogens with one attached hydrogen (secondary N) is 4. The summed E-state index contributed by atoms with van der Waals surface area (Å²) in [6, 6.07) is 13.1. The molecule has 28 heavy (non-hydrogen) atoms. The number of amides is 2. The highest BCUT2D eigenvalue weighted by Crippen LogP contribution is 2.15. The molecule has 2 aromatic heterocycles. The van der Waals surface area contributed by atoms with Crippen molar-refractivity contribution in [2.24, 2.45) is 0 Å². The van der Waals surface area contributed by atoms with Crippen LogP contribution in [0.4, 0.5) is 27.9 Å². The lowest BCUT2D eigenvalue weighted by Crippen LogP contribution is -2.32. The standard InChI is InChI=1S/C20H23N7O/c1-14-4-3-5-16(10-14)26-20(28)23-9-8-22-17-12-19(25-13-24-17)27-18-11-15(2)6-7-21-18/h3-7,10-13H,8-9H2,1-2H3,(H2,23,26,28)(H2,21,22,24,25,27). The molecule has 0 aliphatic carbocycles. The zero-order chi connectivity index (χ0) is 19.8. The van der Waals surface area contributed by atoms with E-state index >= 15 is 0 Å². The van der Waals surface area contributed by atoms with Crippen LogP contribution in [0.3, 0.4) is 0 Å². The largest absolute Gasteiger partial charge is 0.368 e. The molecule has 3 rings (SSSR count). The number of carbonyl (C=O) groups excluding carboxylic acids is 1. The summed E-state index contributed by atoms with van der Waals surface area (Å²) in [5.41, 5.74) is 2.97. The SMILES string of the molecule is Cc1cccc(NC(=O)NCCNc2cc(Nc3cc(C)ccn3)ncn2)c1. The van der Waals surface area contributed by atoms with Crippen LogP contribution < -0.4 is 21.3 Å². The Kier molecular flexibility index (Phi) is 6.35. The second-order valence-electron chi connectivity index (χ2n) is 6.31. The van der Waals surface area contributed by atoms with Crippen molar-refractivity contribution in [1.82, 2.24) is 20.3 Å². The number of aryl methyl sites for hydroxylation is 2. The minimum absolute atomic E-state index is 0.247. The first-order valence-corrected chi connectivity index (χ1v) is 8.95. The fourth-order valence-electron chi connectivity index (χ4n) is 2.52. The summed E-state index contributed by atoms with van der Waals surface area (Å²) >= 11 is 0. The van der Waals surface area contributed by atoms with Crippen LogP contribution in [0.1, 0.15) is 11.1 Å². The van der Waals surface area contributed by atoms with E-state index in [4.69, 9.17) is 0 Å². The zero-order valence-electron chi connectivity index (χ0n) is 15.9. The first-order chi connectivity index (χ1) is 13.6. The smallest absolute Gasteiger partial charge is 0.319 e. The highest BCUT2D eigenvalue weighted by Gasteiger charge is 2.03. The third-order valence-corrected chi connectivity index (χ3v) is 3.83. The zero-order valence-corrected chi connectivity index (χ0v) is 15.9. The van der Waals surface area contributed by atoms with E-state index in [1.165, 1.54) is 6.33 Å². The van der Waals surface area contributed by atoms with Gasteiger partial charge in [-0.05, 0) is 49.2 Å². The van der Waals surface area contributed by atoms with Crippen molar-refractivity contribution >= 4 is 29.2 Å². The molecule has 8 nitrogen and oxygen atoms in total. The van der Waals surface area contributed by atoms with Crippen LogP contribution >= 0.6 is 0 Å². The summed E-state index contributed by atoms with van der Waals surface area (Å²) in [5.74, 6) is 2.02. The molecule has 0 bridgehead atoms. The highest BCUT2D eigenvalue weighted by molar-refractivity contribution is 5.89. The fourth-order valence-corrected chi connectivity index (χ4v) is 2.52. The number of nitrogens with zero attached hydrogens (tertiary/aromatic N) is 3. The number of carbonyl (C=O) groups is 1. The van der Waals surface area contributed by atoms with Gasteiger partial charge in [-0.2, -0.15) is 0 Å². The fraction of sp³-hybridized carbons (Fsp3) is 0.200. The Bertz CT molecular complexity index is 945. The van der Waals surface area contributed by atoms with Gasteiger partial charge in [0.2, 0.25) is 0 Å². The molecule has 0 saturated carbocycles. The molecule has 4 N–H and O–H groups in total. The van der Waals surface area contributed by atoms with Crippen LogP contribution in [-0.2, 0) is 0 Å². The van der Waals surface area contributed by atoms with Crippen LogP contribution in [0.25, 0.3) is 0 Å². The normalized spacial score (nSPS) is 10.2. The molecule has 0 fully saturated rings. The van der Waals surface area contributed by atoms with Crippen molar-refractivity contribution < 1.29 is 4.79 Å². The summed E-state index contributed by atoms with van der Waals surface area (Å²) in [7, 11) is 0. The Morgan fingerprint density at radius 1 is 0.893 bits per heavy atom. The lowest BCUT2D eigenvalue weighted by Gasteiger charge is -2.10. The maximum Gasteiger partial charge on any atom is 0.319 e. The average Bonchev–Trinajstić information content (AvgIpc) is 2.66. The van der Waals surface area contributed by atoms with Gasteiger partial charge in [-0.1, -0.05) is 12.1 Å². The van der Waals surface area contributed by atoms with Crippen molar-refractivity contribution in [2.75, 3.05) is 29.0 Å². The molecule has 0 atom stereocenters. The van der Waals surface area contributed by atoms with Crippen LogP contribution in [0.5, 0.6) is 0 Å².